The molecule has 1 aliphatic rings. The van der Waals surface area contributed by atoms with Gasteiger partial charge < -0.3 is 14.2 Å². The Bertz CT molecular complexity index is 712. The summed E-state index contributed by atoms with van der Waals surface area (Å²) in [6.07, 6.45) is 4.20. The minimum atomic E-state index is -0.0527. The van der Waals surface area contributed by atoms with E-state index in [9.17, 15) is 0 Å². The average Bonchev–Trinajstić information content (AvgIpc) is 3.51. The van der Waals surface area contributed by atoms with Crippen LogP contribution in [0.3, 0.4) is 0 Å². The predicted octanol–water partition coefficient (Wildman–Crippen LogP) is 4.93. The summed E-state index contributed by atoms with van der Waals surface area (Å²) in [6, 6.07) is 17.3. The molecule has 0 radical (unpaired) electrons. The lowest BCUT2D eigenvalue weighted by Gasteiger charge is -2.26. The van der Waals surface area contributed by atoms with E-state index >= 15 is 0 Å². The van der Waals surface area contributed by atoms with Gasteiger partial charge in [0.15, 0.2) is 0 Å². The fourth-order valence-electron chi connectivity index (χ4n) is 3.14. The molecule has 1 atom stereocenters. The van der Waals surface area contributed by atoms with Gasteiger partial charge in [-0.3, -0.25) is 0 Å². The Labute approximate surface area is 163 Å². The summed E-state index contributed by atoms with van der Waals surface area (Å²) in [4.78, 5) is 0. The average molecular weight is 367 g/mol. The molecule has 144 valence electrons. The minimum Gasteiger partial charge on any atom is -0.490 e. The standard InChI is InChI=1S/C24H30O3/c1-4-15-26-22-13-11-21(12-14-22)24(2,3)20-9-7-19(8-10-20)6-5-16-25-17-23-18-27-23/h4,7-14,23H,1,5-6,15-18H2,2-3H3. The Morgan fingerprint density at radius 3 is 2.30 bits per heavy atom. The second-order valence-electron chi connectivity index (χ2n) is 7.58. The van der Waals surface area contributed by atoms with Crippen LogP contribution >= 0.6 is 0 Å². The summed E-state index contributed by atoms with van der Waals surface area (Å²) in [5.41, 5.74) is 3.89. The smallest absolute Gasteiger partial charge is 0.119 e. The number of rotatable bonds is 11. The zero-order chi connectivity index (χ0) is 19.1. The summed E-state index contributed by atoms with van der Waals surface area (Å²) in [6.45, 7) is 11.1. The second-order valence-corrected chi connectivity index (χ2v) is 7.58. The van der Waals surface area contributed by atoms with Crippen LogP contribution in [0.25, 0.3) is 0 Å². The molecule has 27 heavy (non-hydrogen) atoms. The summed E-state index contributed by atoms with van der Waals surface area (Å²) in [7, 11) is 0. The van der Waals surface area contributed by atoms with E-state index in [0.29, 0.717) is 12.7 Å². The van der Waals surface area contributed by atoms with Crippen molar-refractivity contribution in [2.24, 2.45) is 0 Å². The number of ether oxygens (including phenoxy) is 3. The first-order chi connectivity index (χ1) is 13.1. The Balaban J connectivity index is 1.54. The van der Waals surface area contributed by atoms with Gasteiger partial charge in [0.2, 0.25) is 0 Å². The highest BCUT2D eigenvalue weighted by Gasteiger charge is 2.23. The molecule has 1 fully saturated rings. The summed E-state index contributed by atoms with van der Waals surface area (Å²) < 4.78 is 16.3. The van der Waals surface area contributed by atoms with Gasteiger partial charge >= 0.3 is 0 Å². The van der Waals surface area contributed by atoms with Crippen molar-refractivity contribution in [3.8, 4) is 5.75 Å². The predicted molar refractivity (Wildman–Crippen MR) is 110 cm³/mol. The number of benzene rings is 2. The molecule has 1 heterocycles. The summed E-state index contributed by atoms with van der Waals surface area (Å²) >= 11 is 0. The molecule has 2 aromatic carbocycles. The van der Waals surface area contributed by atoms with Crippen molar-refractivity contribution in [1.82, 2.24) is 0 Å². The van der Waals surface area contributed by atoms with Crippen molar-refractivity contribution in [2.75, 3.05) is 26.4 Å². The number of hydrogen-bond donors (Lipinski definition) is 0. The van der Waals surface area contributed by atoms with Gasteiger partial charge in [0.1, 0.15) is 18.5 Å². The van der Waals surface area contributed by atoms with E-state index in [1.54, 1.807) is 6.08 Å². The number of hydrogen-bond acceptors (Lipinski definition) is 3. The maximum Gasteiger partial charge on any atom is 0.119 e. The van der Waals surface area contributed by atoms with Crippen LogP contribution < -0.4 is 4.74 Å². The van der Waals surface area contributed by atoms with E-state index in [4.69, 9.17) is 14.2 Å². The van der Waals surface area contributed by atoms with E-state index in [-0.39, 0.29) is 5.41 Å². The zero-order valence-electron chi connectivity index (χ0n) is 16.4. The maximum absolute atomic E-state index is 5.61. The van der Waals surface area contributed by atoms with Crippen molar-refractivity contribution < 1.29 is 14.2 Å². The van der Waals surface area contributed by atoms with Crippen LogP contribution in [0.15, 0.2) is 61.2 Å². The first-order valence-electron chi connectivity index (χ1n) is 9.72. The molecule has 0 aromatic heterocycles. The summed E-state index contributed by atoms with van der Waals surface area (Å²) in [5.74, 6) is 0.875. The second kappa shape index (κ2) is 9.20. The van der Waals surface area contributed by atoms with Crippen molar-refractivity contribution in [3.05, 3.63) is 77.9 Å². The fraction of sp³-hybridized carbons (Fsp3) is 0.417. The van der Waals surface area contributed by atoms with Crippen LogP contribution in [0.5, 0.6) is 5.75 Å². The quantitative estimate of drug-likeness (QED) is 0.321. The zero-order valence-corrected chi connectivity index (χ0v) is 16.4. The van der Waals surface area contributed by atoms with Gasteiger partial charge in [-0.25, -0.2) is 0 Å². The third kappa shape index (κ3) is 5.69. The first kappa shape index (κ1) is 19.7. The SMILES string of the molecule is C=CCOc1ccc(C(C)(C)c2ccc(CCCOCC3CO3)cc2)cc1. The molecule has 1 aliphatic heterocycles. The molecular formula is C24H30O3. The van der Waals surface area contributed by atoms with Gasteiger partial charge in [0, 0.05) is 12.0 Å². The van der Waals surface area contributed by atoms with Crippen LogP contribution in [-0.4, -0.2) is 32.5 Å². The highest BCUT2D eigenvalue weighted by atomic mass is 16.6. The number of epoxide rings is 1. The minimum absolute atomic E-state index is 0.0527. The molecule has 2 aromatic rings. The molecule has 0 aliphatic carbocycles. The molecule has 3 rings (SSSR count). The van der Waals surface area contributed by atoms with Crippen molar-refractivity contribution >= 4 is 0 Å². The van der Waals surface area contributed by atoms with E-state index in [1.807, 2.05) is 12.1 Å². The maximum atomic E-state index is 5.61. The normalized spacial score (nSPS) is 16.1. The van der Waals surface area contributed by atoms with Crippen molar-refractivity contribution in [2.45, 2.75) is 38.2 Å². The largest absolute Gasteiger partial charge is 0.490 e. The first-order valence-corrected chi connectivity index (χ1v) is 9.72. The van der Waals surface area contributed by atoms with Crippen molar-refractivity contribution in [3.63, 3.8) is 0 Å². The van der Waals surface area contributed by atoms with Gasteiger partial charge in [-0.15, -0.1) is 0 Å². The molecular weight excluding hydrogens is 336 g/mol. The van der Waals surface area contributed by atoms with Gasteiger partial charge in [0.25, 0.3) is 0 Å². The third-order valence-corrected chi connectivity index (χ3v) is 5.08. The Morgan fingerprint density at radius 2 is 1.70 bits per heavy atom. The lowest BCUT2D eigenvalue weighted by molar-refractivity contribution is 0.114. The fourth-order valence-corrected chi connectivity index (χ4v) is 3.14. The Kier molecular flexibility index (Phi) is 6.70. The summed E-state index contributed by atoms with van der Waals surface area (Å²) in [5, 5.41) is 0. The van der Waals surface area contributed by atoms with Crippen LogP contribution in [0, 0.1) is 0 Å². The van der Waals surface area contributed by atoms with Crippen LogP contribution in [0.1, 0.15) is 37.0 Å². The van der Waals surface area contributed by atoms with Gasteiger partial charge in [-0.05, 0) is 41.7 Å². The number of aryl methyl sites for hydroxylation is 1. The molecule has 3 nitrogen and oxygen atoms in total. The van der Waals surface area contributed by atoms with E-state index in [1.165, 1.54) is 16.7 Å². The highest BCUT2D eigenvalue weighted by molar-refractivity contribution is 5.40. The monoisotopic (exact) mass is 366 g/mol. The Hall–Kier alpha value is -2.10. The molecule has 0 saturated carbocycles. The molecule has 1 unspecified atom stereocenters. The molecule has 0 N–H and O–H groups in total. The highest BCUT2D eigenvalue weighted by Crippen LogP contribution is 2.32. The van der Waals surface area contributed by atoms with Crippen LogP contribution in [-0.2, 0) is 21.3 Å². The molecule has 3 heteroatoms. The lowest BCUT2D eigenvalue weighted by Crippen LogP contribution is -2.18. The molecule has 0 bridgehead atoms. The van der Waals surface area contributed by atoms with Gasteiger partial charge in [-0.1, -0.05) is 62.9 Å². The lowest BCUT2D eigenvalue weighted by atomic mass is 9.78. The van der Waals surface area contributed by atoms with Crippen molar-refractivity contribution in [1.29, 1.82) is 0 Å². The molecule has 1 saturated heterocycles. The van der Waals surface area contributed by atoms with E-state index in [2.05, 4.69) is 56.8 Å². The third-order valence-electron chi connectivity index (χ3n) is 5.08. The van der Waals surface area contributed by atoms with Gasteiger partial charge in [-0.2, -0.15) is 0 Å². The van der Waals surface area contributed by atoms with Gasteiger partial charge in [0.05, 0.1) is 13.2 Å². The van der Waals surface area contributed by atoms with Crippen LogP contribution in [0.2, 0.25) is 0 Å². The molecule has 0 amide bonds. The molecule has 0 spiro atoms. The van der Waals surface area contributed by atoms with E-state index in [0.717, 1.165) is 38.4 Å². The van der Waals surface area contributed by atoms with E-state index < -0.39 is 0 Å². The van der Waals surface area contributed by atoms with Crippen LogP contribution in [0.4, 0.5) is 0 Å². The topological polar surface area (TPSA) is 31.0 Å². The Morgan fingerprint density at radius 1 is 1.07 bits per heavy atom.